The van der Waals surface area contributed by atoms with E-state index in [4.69, 9.17) is 27.9 Å². The van der Waals surface area contributed by atoms with Crippen molar-refractivity contribution >= 4 is 44.8 Å². The number of nitro benzene ring substituents is 1. The normalized spacial score (nSPS) is 10.3. The number of nitrogens with zero attached hydrogens (tertiary/aromatic N) is 1. The molecule has 2 aromatic rings. The molecule has 0 heterocycles. The molecule has 4 nitrogen and oxygen atoms in total. The van der Waals surface area contributed by atoms with Crippen LogP contribution in [0.2, 0.25) is 10.0 Å². The maximum atomic E-state index is 10.8. The lowest BCUT2D eigenvalue weighted by Gasteiger charge is -2.09. The van der Waals surface area contributed by atoms with E-state index in [1.807, 2.05) is 0 Å². The largest absolute Gasteiger partial charge is 0.489 e. The lowest BCUT2D eigenvalue weighted by atomic mass is 10.2. The first kappa shape index (κ1) is 15.1. The van der Waals surface area contributed by atoms with Crippen molar-refractivity contribution in [3.8, 4) is 5.75 Å². The van der Waals surface area contributed by atoms with Crippen LogP contribution in [0.3, 0.4) is 0 Å². The molecular weight excluding hydrogens is 369 g/mol. The van der Waals surface area contributed by atoms with E-state index in [2.05, 4.69) is 15.9 Å². The fourth-order valence-corrected chi connectivity index (χ4v) is 2.62. The smallest absolute Gasteiger partial charge is 0.283 e. The lowest BCUT2D eigenvalue weighted by Crippen LogP contribution is -1.99. The van der Waals surface area contributed by atoms with E-state index in [0.717, 1.165) is 0 Å². The Kier molecular flexibility index (Phi) is 4.86. The summed E-state index contributed by atoms with van der Waals surface area (Å²) in [5.74, 6) is 0.501. The molecule has 0 N–H and O–H groups in total. The molecule has 0 aliphatic rings. The molecule has 0 aliphatic heterocycles. The highest BCUT2D eigenvalue weighted by molar-refractivity contribution is 9.10. The van der Waals surface area contributed by atoms with Gasteiger partial charge in [0.15, 0.2) is 0 Å². The van der Waals surface area contributed by atoms with Crippen molar-refractivity contribution in [1.29, 1.82) is 0 Å². The van der Waals surface area contributed by atoms with E-state index in [1.165, 1.54) is 6.07 Å². The van der Waals surface area contributed by atoms with E-state index >= 15 is 0 Å². The molecule has 0 atom stereocenters. The average molecular weight is 377 g/mol. The van der Waals surface area contributed by atoms with Crippen molar-refractivity contribution in [3.05, 3.63) is 66.6 Å². The topological polar surface area (TPSA) is 52.4 Å². The predicted octanol–water partition coefficient (Wildman–Crippen LogP) is 5.24. The maximum absolute atomic E-state index is 10.8. The molecule has 0 radical (unpaired) electrons. The van der Waals surface area contributed by atoms with Gasteiger partial charge in [-0.25, -0.2) is 0 Å². The molecular formula is C13H8BrCl2NO3. The fraction of sp³-hybridized carbons (Fsp3) is 0.0769. The molecule has 104 valence electrons. The average Bonchev–Trinajstić information content (AvgIpc) is 2.36. The highest BCUT2D eigenvalue weighted by Gasteiger charge is 2.15. The SMILES string of the molecule is O=[N+]([O-])c1cccc(COc2cc(Cl)cc(Cl)c2)c1Br. The Hall–Kier alpha value is -1.30. The number of halogens is 3. The Morgan fingerprint density at radius 3 is 2.45 bits per heavy atom. The molecule has 0 saturated carbocycles. The summed E-state index contributed by atoms with van der Waals surface area (Å²) in [6.07, 6.45) is 0. The second-order valence-corrected chi connectivity index (χ2v) is 5.57. The van der Waals surface area contributed by atoms with E-state index < -0.39 is 4.92 Å². The summed E-state index contributed by atoms with van der Waals surface area (Å²) in [7, 11) is 0. The zero-order valence-electron chi connectivity index (χ0n) is 9.98. The van der Waals surface area contributed by atoms with Crippen LogP contribution in [0.15, 0.2) is 40.9 Å². The van der Waals surface area contributed by atoms with Crippen LogP contribution >= 0.6 is 39.1 Å². The van der Waals surface area contributed by atoms with Crippen molar-refractivity contribution < 1.29 is 9.66 Å². The van der Waals surface area contributed by atoms with Gasteiger partial charge in [-0.15, -0.1) is 0 Å². The molecule has 7 heteroatoms. The van der Waals surface area contributed by atoms with Crippen molar-refractivity contribution in [2.75, 3.05) is 0 Å². The first-order valence-electron chi connectivity index (χ1n) is 5.48. The van der Waals surface area contributed by atoms with Crippen molar-refractivity contribution in [3.63, 3.8) is 0 Å². The summed E-state index contributed by atoms with van der Waals surface area (Å²) >= 11 is 14.9. The van der Waals surface area contributed by atoms with Gasteiger partial charge >= 0.3 is 0 Å². The van der Waals surface area contributed by atoms with Crippen molar-refractivity contribution in [1.82, 2.24) is 0 Å². The minimum atomic E-state index is -0.455. The third-order valence-corrected chi connectivity index (χ3v) is 3.84. The van der Waals surface area contributed by atoms with Crippen LogP contribution in [-0.4, -0.2) is 4.92 Å². The number of rotatable bonds is 4. The Bertz CT molecular complexity index is 644. The molecule has 2 rings (SSSR count). The van der Waals surface area contributed by atoms with E-state index in [9.17, 15) is 10.1 Å². The van der Waals surface area contributed by atoms with E-state index in [0.29, 0.717) is 25.8 Å². The highest BCUT2D eigenvalue weighted by Crippen LogP contribution is 2.30. The van der Waals surface area contributed by atoms with Gasteiger partial charge in [0.25, 0.3) is 5.69 Å². The maximum Gasteiger partial charge on any atom is 0.283 e. The zero-order chi connectivity index (χ0) is 14.7. The second kappa shape index (κ2) is 6.43. The third-order valence-electron chi connectivity index (χ3n) is 2.49. The Morgan fingerprint density at radius 2 is 1.85 bits per heavy atom. The number of benzene rings is 2. The Labute approximate surface area is 133 Å². The van der Waals surface area contributed by atoms with Gasteiger partial charge in [-0.3, -0.25) is 10.1 Å². The molecule has 0 amide bonds. The van der Waals surface area contributed by atoms with Crippen LogP contribution in [0, 0.1) is 10.1 Å². The third kappa shape index (κ3) is 3.62. The molecule has 0 aliphatic carbocycles. The van der Waals surface area contributed by atoms with Gasteiger partial charge in [0, 0.05) is 21.7 Å². The summed E-state index contributed by atoms with van der Waals surface area (Å²) in [4.78, 5) is 10.4. The van der Waals surface area contributed by atoms with E-state index in [-0.39, 0.29) is 12.3 Å². The van der Waals surface area contributed by atoms with Crippen LogP contribution in [0.25, 0.3) is 0 Å². The zero-order valence-corrected chi connectivity index (χ0v) is 13.1. The summed E-state index contributed by atoms with van der Waals surface area (Å²) in [6, 6.07) is 9.61. The van der Waals surface area contributed by atoms with Gasteiger partial charge in [-0.05, 0) is 34.1 Å². The molecule has 0 spiro atoms. The van der Waals surface area contributed by atoms with Gasteiger partial charge in [-0.1, -0.05) is 35.3 Å². The number of ether oxygens (including phenoxy) is 1. The minimum absolute atomic E-state index is 0.00442. The van der Waals surface area contributed by atoms with Gasteiger partial charge in [0.1, 0.15) is 16.8 Å². The fourth-order valence-electron chi connectivity index (χ4n) is 1.59. The summed E-state index contributed by atoms with van der Waals surface area (Å²) in [5, 5.41) is 11.8. The molecule has 2 aromatic carbocycles. The minimum Gasteiger partial charge on any atom is -0.489 e. The molecule has 0 aromatic heterocycles. The summed E-state index contributed by atoms with van der Waals surface area (Å²) < 4.78 is 5.95. The molecule has 0 bridgehead atoms. The van der Waals surface area contributed by atoms with Crippen LogP contribution in [-0.2, 0) is 6.61 Å². The predicted molar refractivity (Wildman–Crippen MR) is 81.6 cm³/mol. The summed E-state index contributed by atoms with van der Waals surface area (Å²) in [5.41, 5.74) is 0.658. The van der Waals surface area contributed by atoms with Crippen LogP contribution < -0.4 is 4.74 Å². The first-order valence-corrected chi connectivity index (χ1v) is 7.03. The van der Waals surface area contributed by atoms with Gasteiger partial charge in [-0.2, -0.15) is 0 Å². The van der Waals surface area contributed by atoms with Crippen LogP contribution in [0.1, 0.15) is 5.56 Å². The standard InChI is InChI=1S/C13H8BrCl2NO3/c14-13-8(2-1-3-12(13)17(18)19)7-20-11-5-9(15)4-10(16)6-11/h1-6H,7H2. The monoisotopic (exact) mass is 375 g/mol. The van der Waals surface area contributed by atoms with Gasteiger partial charge < -0.3 is 4.74 Å². The second-order valence-electron chi connectivity index (χ2n) is 3.90. The number of hydrogen-bond acceptors (Lipinski definition) is 3. The van der Waals surface area contributed by atoms with Crippen molar-refractivity contribution in [2.24, 2.45) is 0 Å². The molecule has 0 fully saturated rings. The summed E-state index contributed by atoms with van der Waals surface area (Å²) in [6.45, 7) is 0.166. The first-order chi connectivity index (χ1) is 9.47. The van der Waals surface area contributed by atoms with E-state index in [1.54, 1.807) is 30.3 Å². The van der Waals surface area contributed by atoms with Crippen molar-refractivity contribution in [2.45, 2.75) is 6.61 Å². The number of hydrogen-bond donors (Lipinski definition) is 0. The molecule has 20 heavy (non-hydrogen) atoms. The quantitative estimate of drug-likeness (QED) is 0.541. The van der Waals surface area contributed by atoms with Crippen LogP contribution in [0.5, 0.6) is 5.75 Å². The Morgan fingerprint density at radius 1 is 1.20 bits per heavy atom. The molecule has 0 saturated heterocycles. The van der Waals surface area contributed by atoms with Gasteiger partial charge in [0.05, 0.1) is 4.92 Å². The van der Waals surface area contributed by atoms with Crippen LogP contribution in [0.4, 0.5) is 5.69 Å². The number of nitro groups is 1. The van der Waals surface area contributed by atoms with Gasteiger partial charge in [0.2, 0.25) is 0 Å². The Balaban J connectivity index is 2.19. The molecule has 0 unspecified atom stereocenters. The highest BCUT2D eigenvalue weighted by atomic mass is 79.9. The lowest BCUT2D eigenvalue weighted by molar-refractivity contribution is -0.385.